The van der Waals surface area contributed by atoms with Crippen molar-refractivity contribution in [2.75, 3.05) is 0 Å². The Balaban J connectivity index is -0.00000000103. The minimum atomic E-state index is -5.39. The van der Waals surface area contributed by atoms with E-state index in [9.17, 15) is 0 Å². The van der Waals surface area contributed by atoms with Gasteiger partial charge < -0.3 is 46.6 Å². The molecule has 0 amide bonds. The Labute approximate surface area is 345 Å². The first-order valence-electron chi connectivity index (χ1n) is 0.730. The molecule has 0 rings (SSSR count). The molecule has 18 heteroatoms. The molecule has 0 aliphatic rings. The third-order valence-electron chi connectivity index (χ3n) is 0. The zero-order valence-electron chi connectivity index (χ0n) is 10.2. The average molecular weight is 506 g/mol. The molecule has 0 fully saturated rings. The quantitative estimate of drug-likeness (QED) is 0.230. The van der Waals surface area contributed by atoms with Gasteiger partial charge in [-0.1, -0.05) is 0 Å². The number of hydrogen-bond acceptors (Lipinski definition) is 4. The fourth-order valence-corrected chi connectivity index (χ4v) is 0. The Hall–Kier alpha value is 9.99. The van der Waals surface area contributed by atoms with Gasteiger partial charge >= 0.3 is 302 Å². The summed E-state index contributed by atoms with van der Waals surface area (Å²) >= 11 is 0. The van der Waals surface area contributed by atoms with Crippen molar-refractivity contribution in [2.24, 2.45) is 0 Å². The first-order chi connectivity index (χ1) is 2.00. The molecule has 0 aliphatic heterocycles. The van der Waals surface area contributed by atoms with Gasteiger partial charge in [0.1, 0.15) is 0 Å². The van der Waals surface area contributed by atoms with Gasteiger partial charge in [0.25, 0.3) is 0 Å². The Morgan fingerprint density at radius 1 is 0.444 bits per heavy atom. The van der Waals surface area contributed by atoms with Crippen LogP contribution in [-0.2, 0) is 4.57 Å². The van der Waals surface area contributed by atoms with Crippen LogP contribution < -0.4 is 14.7 Å². The molecule has 0 spiro atoms. The van der Waals surface area contributed by atoms with Crippen molar-refractivity contribution in [3.63, 3.8) is 0 Å². The maximum atomic E-state index is 8.55. The van der Waals surface area contributed by atoms with Crippen LogP contribution in [0.25, 0.3) is 0 Å². The van der Waals surface area contributed by atoms with Crippen molar-refractivity contribution >= 4 is 310 Å². The van der Waals surface area contributed by atoms with Crippen molar-refractivity contribution in [3.05, 3.63) is 0 Å². The second-order valence-electron chi connectivity index (χ2n) is 0.447. The monoisotopic (exact) mass is 505 g/mol. The molecule has 0 heterocycles. The molecule has 0 aromatic heterocycles. The molecular weight excluding hydrogens is 496 g/mol. The second kappa shape index (κ2) is 71.3. The molecular formula is H10Ca8O9P+13. The molecule has 0 aliphatic carbocycles. The van der Waals surface area contributed by atoms with E-state index in [1.165, 1.54) is 0 Å². The van der Waals surface area contributed by atoms with E-state index in [-0.39, 0.29) is 329 Å². The van der Waals surface area contributed by atoms with Crippen LogP contribution in [0.4, 0.5) is 0 Å². The van der Waals surface area contributed by atoms with Crippen molar-refractivity contribution in [3.8, 4) is 0 Å². The Morgan fingerprint density at radius 2 is 0.444 bits per heavy atom. The van der Waals surface area contributed by atoms with Gasteiger partial charge in [0.15, 0.2) is 0 Å². The summed E-state index contributed by atoms with van der Waals surface area (Å²) in [5.41, 5.74) is 0. The van der Waals surface area contributed by atoms with Crippen LogP contribution in [0, 0.1) is 0 Å². The Bertz CT molecular complexity index is 68.7. The van der Waals surface area contributed by atoms with E-state index < -0.39 is 7.82 Å². The summed E-state index contributed by atoms with van der Waals surface area (Å²) in [4.78, 5) is 25.6. The first-order valence-corrected chi connectivity index (χ1v) is 2.19. The summed E-state index contributed by atoms with van der Waals surface area (Å²) in [6.45, 7) is 0. The zero-order valence-corrected chi connectivity index (χ0v) is 28.8. The second-order valence-corrected chi connectivity index (χ2v) is 1.34. The molecule has 18 heavy (non-hydrogen) atoms. The molecule has 0 atom stereocenters. The van der Waals surface area contributed by atoms with Crippen molar-refractivity contribution in [2.45, 2.75) is 0 Å². The van der Waals surface area contributed by atoms with E-state index >= 15 is 0 Å². The maximum Gasteiger partial charge on any atom is 2.00 e. The Kier molecular flexibility index (Phi) is 413. The molecule has 0 aromatic rings. The van der Waals surface area contributed by atoms with Crippen molar-refractivity contribution < 1.29 is 46.6 Å². The van der Waals surface area contributed by atoms with Crippen LogP contribution in [0.15, 0.2) is 0 Å². The van der Waals surface area contributed by atoms with Gasteiger partial charge in [0.2, 0.25) is 0 Å². The van der Waals surface area contributed by atoms with E-state index in [1.54, 1.807) is 0 Å². The standard InChI is InChI=1S/8Ca.H3O4P.5H2O/c;;;;;;;;1-5(2,3)4;;;;;/h;;;;;;;;(H3,1,2,3,4);5*1H2/q8*+2;;;;;;/p-3. The van der Waals surface area contributed by atoms with Gasteiger partial charge in [-0.25, -0.2) is 0 Å². The largest absolute Gasteiger partial charge is 2.00 e. The number of phosphoric acid groups is 1. The van der Waals surface area contributed by atoms with E-state index in [1.807, 2.05) is 0 Å². The van der Waals surface area contributed by atoms with Gasteiger partial charge in [0.05, 0.1) is 0 Å². The van der Waals surface area contributed by atoms with Gasteiger partial charge in [-0.2, -0.15) is 7.82 Å². The average Bonchev–Trinajstić information content (AvgIpc) is 0.722. The topological polar surface area (TPSA) is 244 Å². The van der Waals surface area contributed by atoms with E-state index in [0.717, 1.165) is 0 Å². The zero-order chi connectivity index (χ0) is 4.50. The summed E-state index contributed by atoms with van der Waals surface area (Å²) in [5, 5.41) is 0. The molecule has 0 saturated carbocycles. The molecule has 0 saturated heterocycles. The summed E-state index contributed by atoms with van der Waals surface area (Å²) < 4.78 is 8.55. The molecule has 72 valence electrons. The number of hydrogen-bond donors (Lipinski definition) is 0. The fraction of sp³-hybridized carbons (Fsp3) is 0. The third kappa shape index (κ3) is 163. The van der Waals surface area contributed by atoms with Crippen LogP contribution in [0.1, 0.15) is 0 Å². The van der Waals surface area contributed by atoms with Gasteiger partial charge in [-0.05, 0) is 0 Å². The van der Waals surface area contributed by atoms with E-state index in [0.29, 0.717) is 0 Å². The fourth-order valence-electron chi connectivity index (χ4n) is 0. The van der Waals surface area contributed by atoms with Crippen molar-refractivity contribution in [1.29, 1.82) is 0 Å². The van der Waals surface area contributed by atoms with Crippen LogP contribution in [0.3, 0.4) is 0 Å². The summed E-state index contributed by atoms with van der Waals surface area (Å²) in [7, 11) is -5.39. The molecule has 0 aromatic carbocycles. The van der Waals surface area contributed by atoms with Crippen LogP contribution in [-0.4, -0.2) is 329 Å². The third-order valence-corrected chi connectivity index (χ3v) is 0. The van der Waals surface area contributed by atoms with Gasteiger partial charge in [-0.3, -0.25) is 0 Å². The molecule has 9 nitrogen and oxygen atoms in total. The van der Waals surface area contributed by atoms with E-state index in [4.69, 9.17) is 19.2 Å². The predicted octanol–water partition coefficient (Wildman–Crippen LogP) is -9.99. The van der Waals surface area contributed by atoms with Gasteiger partial charge in [0, 0.05) is 0 Å². The summed E-state index contributed by atoms with van der Waals surface area (Å²) in [6, 6.07) is 0. The van der Waals surface area contributed by atoms with Crippen LogP contribution in [0.5, 0.6) is 0 Å². The Morgan fingerprint density at radius 3 is 0.444 bits per heavy atom. The summed E-state index contributed by atoms with van der Waals surface area (Å²) in [5.74, 6) is 0. The first kappa shape index (κ1) is 104. The SMILES string of the molecule is O.O.O.O.O.O=P([O-])([O-])[O-].[Ca+2].[Ca+2].[Ca+2].[Ca+2].[Ca+2].[Ca+2].[Ca+2].[Ca+2]. The predicted molar refractivity (Wildman–Crippen MR) is 71.7 cm³/mol. The normalized spacial score (nSPS) is 3.28. The van der Waals surface area contributed by atoms with E-state index in [2.05, 4.69) is 0 Å². The van der Waals surface area contributed by atoms with Crippen LogP contribution in [0.2, 0.25) is 0 Å². The summed E-state index contributed by atoms with van der Waals surface area (Å²) in [6.07, 6.45) is 0. The van der Waals surface area contributed by atoms with Crippen molar-refractivity contribution in [1.82, 2.24) is 0 Å². The maximum absolute atomic E-state index is 8.55. The minimum Gasteiger partial charge on any atom is -0.822 e. The number of rotatable bonds is 0. The molecule has 10 N–H and O–H groups in total. The smallest absolute Gasteiger partial charge is 0.822 e. The molecule has 0 unspecified atom stereocenters. The molecule has 0 bridgehead atoms. The van der Waals surface area contributed by atoms with Gasteiger partial charge in [-0.15, -0.1) is 0 Å². The molecule has 0 radical (unpaired) electrons. The minimum absolute atomic E-state index is 0. The van der Waals surface area contributed by atoms with Crippen LogP contribution >= 0.6 is 7.82 Å².